The van der Waals surface area contributed by atoms with E-state index in [2.05, 4.69) is 46.5 Å². The number of anilines is 5. The summed E-state index contributed by atoms with van der Waals surface area (Å²) >= 11 is 6.02. The molecule has 1 atom stereocenters. The summed E-state index contributed by atoms with van der Waals surface area (Å²) in [7, 11) is 1.08. The molecule has 272 valence electrons. The van der Waals surface area contributed by atoms with Gasteiger partial charge in [0.1, 0.15) is 11.9 Å². The normalized spacial score (nSPS) is 13.6. The summed E-state index contributed by atoms with van der Waals surface area (Å²) in [5.74, 6) is -3.79. The number of nitrogens with zero attached hydrogens (tertiary/aromatic N) is 4. The number of rotatable bonds is 13. The molecule has 5 rings (SSSR count). The zero-order chi connectivity index (χ0) is 37.5. The number of ether oxygens (including phenoxy) is 2. The molecule has 1 saturated carbocycles. The molecule has 3 amide bonds. The lowest BCUT2D eigenvalue weighted by atomic mass is 10.1. The second-order valence-electron chi connectivity index (χ2n) is 11.3. The predicted molar refractivity (Wildman–Crippen MR) is 181 cm³/mol. The number of alkyl halides is 3. The van der Waals surface area contributed by atoms with Gasteiger partial charge in [0, 0.05) is 22.8 Å². The number of aromatic nitrogens is 4. The van der Waals surface area contributed by atoms with Gasteiger partial charge in [0.25, 0.3) is 5.91 Å². The van der Waals surface area contributed by atoms with Gasteiger partial charge in [0.05, 0.1) is 24.5 Å². The number of nitrogen functional groups attached to an aromatic ring is 1. The summed E-state index contributed by atoms with van der Waals surface area (Å²) in [5.41, 5.74) is 6.42. The molecule has 20 heteroatoms. The SMILES string of the molecule is COC(=O)[C@H](CNC(=O)C(=O)Nc1ccc(N)nc1)NC(=O)c1ccc(Nc2nc(NC3(c4ccc(Cl)cc4)CC3)nc(OCC(F)(F)F)n2)cc1. The van der Waals surface area contributed by atoms with Crippen LogP contribution in [-0.2, 0) is 24.7 Å². The van der Waals surface area contributed by atoms with Gasteiger partial charge in [-0.05, 0) is 66.9 Å². The molecule has 52 heavy (non-hydrogen) atoms. The molecule has 2 heterocycles. The maximum atomic E-state index is 13.0. The van der Waals surface area contributed by atoms with Crippen LogP contribution in [0.15, 0.2) is 66.9 Å². The maximum Gasteiger partial charge on any atom is 0.422 e. The van der Waals surface area contributed by atoms with Crippen LogP contribution in [0.2, 0.25) is 5.02 Å². The summed E-state index contributed by atoms with van der Waals surface area (Å²) in [6.07, 6.45) is -2.00. The molecule has 0 bridgehead atoms. The number of hydrogen-bond donors (Lipinski definition) is 6. The fourth-order valence-corrected chi connectivity index (χ4v) is 4.75. The van der Waals surface area contributed by atoms with Gasteiger partial charge in [0.2, 0.25) is 11.9 Å². The first-order valence-corrected chi connectivity index (χ1v) is 15.7. The average Bonchev–Trinajstić information content (AvgIpc) is 3.90. The molecule has 1 aliphatic carbocycles. The third kappa shape index (κ3) is 10.2. The summed E-state index contributed by atoms with van der Waals surface area (Å²) in [4.78, 5) is 66.0. The van der Waals surface area contributed by atoms with Crippen molar-refractivity contribution >= 4 is 64.4 Å². The molecule has 0 unspecified atom stereocenters. The van der Waals surface area contributed by atoms with Gasteiger partial charge in [-0.1, -0.05) is 23.7 Å². The van der Waals surface area contributed by atoms with E-state index in [4.69, 9.17) is 26.8 Å². The Morgan fingerprint density at radius 2 is 1.60 bits per heavy atom. The minimum absolute atomic E-state index is 0.0428. The van der Waals surface area contributed by atoms with E-state index in [0.717, 1.165) is 12.7 Å². The first-order chi connectivity index (χ1) is 24.7. The quantitative estimate of drug-likeness (QED) is 0.0856. The van der Waals surface area contributed by atoms with Gasteiger partial charge >= 0.3 is 30.0 Å². The topological polar surface area (TPSA) is 224 Å². The van der Waals surface area contributed by atoms with E-state index in [1.54, 1.807) is 12.1 Å². The number of esters is 1. The average molecular weight is 743 g/mol. The third-order valence-corrected chi connectivity index (χ3v) is 7.64. The molecule has 0 saturated heterocycles. The van der Waals surface area contributed by atoms with E-state index in [1.165, 1.54) is 42.6 Å². The van der Waals surface area contributed by atoms with Crippen LogP contribution in [0.4, 0.5) is 42.3 Å². The highest BCUT2D eigenvalue weighted by molar-refractivity contribution is 6.39. The van der Waals surface area contributed by atoms with Crippen molar-refractivity contribution in [2.24, 2.45) is 0 Å². The van der Waals surface area contributed by atoms with Crippen LogP contribution in [0, 0.1) is 0 Å². The van der Waals surface area contributed by atoms with Gasteiger partial charge in [-0.2, -0.15) is 28.1 Å². The number of hydrogen-bond acceptors (Lipinski definition) is 13. The minimum atomic E-state index is -4.64. The van der Waals surface area contributed by atoms with E-state index in [1.807, 2.05) is 12.1 Å². The van der Waals surface area contributed by atoms with E-state index in [-0.39, 0.29) is 29.0 Å². The van der Waals surface area contributed by atoms with Crippen LogP contribution >= 0.6 is 11.6 Å². The van der Waals surface area contributed by atoms with Crippen molar-refractivity contribution in [1.82, 2.24) is 30.6 Å². The van der Waals surface area contributed by atoms with Crippen LogP contribution in [0.5, 0.6) is 6.01 Å². The van der Waals surface area contributed by atoms with Gasteiger partial charge < -0.3 is 41.8 Å². The smallest absolute Gasteiger partial charge is 0.422 e. The van der Waals surface area contributed by atoms with Crippen LogP contribution in [0.1, 0.15) is 28.8 Å². The zero-order valence-corrected chi connectivity index (χ0v) is 27.8. The fourth-order valence-electron chi connectivity index (χ4n) is 4.63. The predicted octanol–water partition coefficient (Wildman–Crippen LogP) is 3.31. The van der Waals surface area contributed by atoms with E-state index < -0.39 is 60.6 Å². The Labute approximate surface area is 298 Å². The van der Waals surface area contributed by atoms with Crippen molar-refractivity contribution in [3.8, 4) is 6.01 Å². The number of methoxy groups -OCH3 is 1. The Morgan fingerprint density at radius 3 is 2.21 bits per heavy atom. The standard InChI is InChI=1S/C32H30ClF3N10O6/c1-51-27(50)22(15-39-25(48)26(49)40-21-10-11-23(37)38-14-21)42-24(47)17-2-8-20(9-3-17)41-28-43-29(45-30(44-28)52-16-32(34,35)36)46-31(12-13-31)18-4-6-19(33)7-5-18/h2-11,14,22H,12-13,15-16H2,1H3,(H2,37,38)(H,39,48)(H,40,49)(H,42,47)(H2,41,43,44,45,46)/t22-/m0/s1. The molecule has 1 fully saturated rings. The van der Waals surface area contributed by atoms with Crippen molar-refractivity contribution in [2.45, 2.75) is 30.6 Å². The van der Waals surface area contributed by atoms with Crippen LogP contribution in [-0.4, -0.2) is 76.1 Å². The second-order valence-corrected chi connectivity index (χ2v) is 11.7. The maximum absolute atomic E-state index is 13.0. The van der Waals surface area contributed by atoms with Crippen molar-refractivity contribution < 1.29 is 41.8 Å². The number of nitrogens with two attached hydrogens (primary N) is 1. The summed E-state index contributed by atoms with van der Waals surface area (Å²) < 4.78 is 48.3. The molecular formula is C32H30ClF3N10O6. The van der Waals surface area contributed by atoms with Crippen molar-refractivity contribution in [1.29, 1.82) is 0 Å². The largest absolute Gasteiger partial charge is 0.467 e. The highest BCUT2D eigenvalue weighted by Crippen LogP contribution is 2.48. The van der Waals surface area contributed by atoms with Crippen LogP contribution in [0.3, 0.4) is 0 Å². The molecule has 4 aromatic rings. The third-order valence-electron chi connectivity index (χ3n) is 7.39. The molecule has 2 aromatic carbocycles. The zero-order valence-electron chi connectivity index (χ0n) is 27.1. The molecule has 0 spiro atoms. The van der Waals surface area contributed by atoms with E-state index >= 15 is 0 Å². The first-order valence-electron chi connectivity index (χ1n) is 15.3. The molecule has 7 N–H and O–H groups in total. The number of amides is 3. The van der Waals surface area contributed by atoms with Gasteiger partial charge in [-0.15, -0.1) is 0 Å². The molecule has 0 aliphatic heterocycles. The Balaban J connectivity index is 1.23. The molecular weight excluding hydrogens is 713 g/mol. The highest BCUT2D eigenvalue weighted by atomic mass is 35.5. The Bertz CT molecular complexity index is 1930. The van der Waals surface area contributed by atoms with E-state index in [0.29, 0.717) is 23.6 Å². The highest BCUT2D eigenvalue weighted by Gasteiger charge is 2.45. The van der Waals surface area contributed by atoms with E-state index in [9.17, 15) is 32.3 Å². The van der Waals surface area contributed by atoms with Crippen LogP contribution in [0.25, 0.3) is 0 Å². The number of benzene rings is 2. The van der Waals surface area contributed by atoms with Gasteiger partial charge in [-0.25, -0.2) is 9.78 Å². The lowest BCUT2D eigenvalue weighted by molar-refractivity contribution is -0.154. The van der Waals surface area contributed by atoms with Crippen molar-refractivity contribution in [3.63, 3.8) is 0 Å². The summed E-state index contributed by atoms with van der Waals surface area (Å²) in [6, 6.07) is 13.6. The number of carbonyl (C=O) groups is 4. The number of halogens is 4. The van der Waals surface area contributed by atoms with Gasteiger partial charge in [-0.3, -0.25) is 14.4 Å². The monoisotopic (exact) mass is 742 g/mol. The molecule has 2 aromatic heterocycles. The lowest BCUT2D eigenvalue weighted by Gasteiger charge is -2.19. The van der Waals surface area contributed by atoms with Crippen LogP contribution < -0.4 is 37.1 Å². The second kappa shape index (κ2) is 15.8. The Hall–Kier alpha value is -6.24. The Kier molecular flexibility index (Phi) is 11.2. The summed E-state index contributed by atoms with van der Waals surface area (Å²) in [5, 5.41) is 13.6. The number of carbonyl (C=O) groups excluding carboxylic acids is 4. The first kappa shape index (κ1) is 37.0. The fraction of sp³-hybridized carbons (Fsp3) is 0.250. The van der Waals surface area contributed by atoms with Crippen molar-refractivity contribution in [2.75, 3.05) is 41.9 Å². The molecule has 0 radical (unpaired) electrons. The Morgan fingerprint density at radius 1 is 0.923 bits per heavy atom. The number of nitrogens with one attached hydrogen (secondary N) is 5. The summed E-state index contributed by atoms with van der Waals surface area (Å²) in [6.45, 7) is -2.12. The number of pyridine rings is 1. The molecule has 1 aliphatic rings. The minimum Gasteiger partial charge on any atom is -0.467 e. The molecule has 16 nitrogen and oxygen atoms in total. The van der Waals surface area contributed by atoms with Crippen molar-refractivity contribution in [3.05, 3.63) is 83.0 Å². The van der Waals surface area contributed by atoms with Gasteiger partial charge in [0.15, 0.2) is 6.61 Å². The lowest BCUT2D eigenvalue weighted by Crippen LogP contribution is -2.50.